The quantitative estimate of drug-likeness (QED) is 0.886. The van der Waals surface area contributed by atoms with Crippen LogP contribution in [0.4, 0.5) is 4.39 Å². The number of halogens is 1. The van der Waals surface area contributed by atoms with Gasteiger partial charge in [-0.25, -0.2) is 4.39 Å². The van der Waals surface area contributed by atoms with Crippen molar-refractivity contribution in [2.45, 2.75) is 19.1 Å². The number of methoxy groups -OCH3 is 1. The van der Waals surface area contributed by atoms with Crippen molar-refractivity contribution in [3.05, 3.63) is 59.3 Å². The van der Waals surface area contributed by atoms with Gasteiger partial charge in [0.15, 0.2) is 0 Å². The number of nitrogens with two attached hydrogens (primary N) is 1. The Morgan fingerprint density at radius 2 is 2.06 bits per heavy atom. The van der Waals surface area contributed by atoms with Crippen LogP contribution >= 0.6 is 0 Å². The van der Waals surface area contributed by atoms with Crippen LogP contribution in [0, 0.1) is 5.82 Å². The van der Waals surface area contributed by atoms with Gasteiger partial charge < -0.3 is 14.9 Å². The number of furan rings is 1. The van der Waals surface area contributed by atoms with E-state index in [4.69, 9.17) is 14.9 Å². The zero-order valence-corrected chi connectivity index (χ0v) is 10.2. The molecule has 2 rings (SSSR count). The maximum Gasteiger partial charge on any atom is 0.129 e. The fourth-order valence-corrected chi connectivity index (χ4v) is 1.82. The smallest absolute Gasteiger partial charge is 0.129 e. The average Bonchev–Trinajstić information content (AvgIpc) is 2.81. The topological polar surface area (TPSA) is 48.4 Å². The van der Waals surface area contributed by atoms with E-state index in [0.717, 1.165) is 5.76 Å². The second kappa shape index (κ2) is 5.80. The molecule has 0 amide bonds. The molecule has 2 aromatic rings. The lowest BCUT2D eigenvalue weighted by molar-refractivity contribution is 0.162. The molecule has 1 aromatic carbocycles. The van der Waals surface area contributed by atoms with Gasteiger partial charge in [0, 0.05) is 7.11 Å². The Hall–Kier alpha value is -1.65. The van der Waals surface area contributed by atoms with E-state index in [2.05, 4.69) is 0 Å². The van der Waals surface area contributed by atoms with Crippen molar-refractivity contribution >= 4 is 0 Å². The number of rotatable bonds is 5. The molecule has 0 saturated heterocycles. The van der Waals surface area contributed by atoms with Gasteiger partial charge in [0.25, 0.3) is 0 Å². The monoisotopic (exact) mass is 249 g/mol. The molecule has 96 valence electrons. The highest BCUT2D eigenvalue weighted by Gasteiger charge is 2.13. The molecular formula is C14H16FNO2. The molecule has 18 heavy (non-hydrogen) atoms. The third kappa shape index (κ3) is 2.97. The minimum atomic E-state index is -0.354. The fraction of sp³-hybridized carbons (Fsp3) is 0.286. The molecule has 0 saturated carbocycles. The van der Waals surface area contributed by atoms with Crippen LogP contribution in [0.25, 0.3) is 0 Å². The first-order valence-electron chi connectivity index (χ1n) is 5.77. The molecule has 1 atom stereocenters. The Kier molecular flexibility index (Phi) is 4.12. The molecular weight excluding hydrogens is 233 g/mol. The molecule has 2 N–H and O–H groups in total. The van der Waals surface area contributed by atoms with Crippen molar-refractivity contribution in [2.24, 2.45) is 5.73 Å². The SMILES string of the molecule is COCc1ccc(C(N)Cc2ccccc2F)o1. The minimum absolute atomic E-state index is 0.239. The van der Waals surface area contributed by atoms with E-state index in [1.165, 1.54) is 6.07 Å². The predicted molar refractivity (Wildman–Crippen MR) is 66.5 cm³/mol. The first kappa shape index (κ1) is 12.8. The lowest BCUT2D eigenvalue weighted by atomic mass is 10.0. The molecule has 0 radical (unpaired) electrons. The van der Waals surface area contributed by atoms with E-state index in [1.54, 1.807) is 31.4 Å². The van der Waals surface area contributed by atoms with E-state index in [0.29, 0.717) is 24.4 Å². The molecule has 3 nitrogen and oxygen atoms in total. The Morgan fingerprint density at radius 1 is 1.28 bits per heavy atom. The molecule has 1 heterocycles. The Morgan fingerprint density at radius 3 is 2.78 bits per heavy atom. The number of benzene rings is 1. The van der Waals surface area contributed by atoms with Crippen LogP contribution in [0.3, 0.4) is 0 Å². The first-order chi connectivity index (χ1) is 8.70. The van der Waals surface area contributed by atoms with E-state index < -0.39 is 0 Å². The van der Waals surface area contributed by atoms with Gasteiger partial charge >= 0.3 is 0 Å². The van der Waals surface area contributed by atoms with Crippen LogP contribution in [0.2, 0.25) is 0 Å². The van der Waals surface area contributed by atoms with Crippen LogP contribution in [0.15, 0.2) is 40.8 Å². The summed E-state index contributed by atoms with van der Waals surface area (Å²) in [6.45, 7) is 0.409. The van der Waals surface area contributed by atoms with Gasteiger partial charge in [-0.3, -0.25) is 0 Å². The summed E-state index contributed by atoms with van der Waals surface area (Å²) in [5.74, 6) is 1.12. The maximum absolute atomic E-state index is 13.5. The van der Waals surface area contributed by atoms with Gasteiger partial charge in [0.05, 0.1) is 6.04 Å². The highest BCUT2D eigenvalue weighted by atomic mass is 19.1. The summed E-state index contributed by atoms with van der Waals surface area (Å²) in [5, 5.41) is 0. The lowest BCUT2D eigenvalue weighted by Gasteiger charge is -2.09. The summed E-state index contributed by atoms with van der Waals surface area (Å²) >= 11 is 0. The molecule has 0 aliphatic heterocycles. The highest BCUT2D eigenvalue weighted by Crippen LogP contribution is 2.20. The van der Waals surface area contributed by atoms with Crippen LogP contribution in [0.5, 0.6) is 0 Å². The van der Waals surface area contributed by atoms with Gasteiger partial charge in [-0.2, -0.15) is 0 Å². The molecule has 0 bridgehead atoms. The van der Waals surface area contributed by atoms with Crippen molar-refractivity contribution in [1.82, 2.24) is 0 Å². The fourth-order valence-electron chi connectivity index (χ4n) is 1.82. The summed E-state index contributed by atoms with van der Waals surface area (Å²) < 4.78 is 24.0. The van der Waals surface area contributed by atoms with Crippen LogP contribution in [-0.2, 0) is 17.8 Å². The zero-order valence-electron chi connectivity index (χ0n) is 10.2. The van der Waals surface area contributed by atoms with Gasteiger partial charge in [-0.15, -0.1) is 0 Å². The van der Waals surface area contributed by atoms with Crippen molar-refractivity contribution in [1.29, 1.82) is 0 Å². The Labute approximate surface area is 105 Å². The summed E-state index contributed by atoms with van der Waals surface area (Å²) in [6, 6.07) is 9.89. The molecule has 0 fully saturated rings. The third-order valence-corrected chi connectivity index (χ3v) is 2.73. The van der Waals surface area contributed by atoms with Crippen LogP contribution in [-0.4, -0.2) is 7.11 Å². The van der Waals surface area contributed by atoms with E-state index in [1.807, 2.05) is 6.07 Å². The van der Waals surface area contributed by atoms with Crippen molar-refractivity contribution in [2.75, 3.05) is 7.11 Å². The molecule has 0 spiro atoms. The summed E-state index contributed by atoms with van der Waals surface area (Å²) in [6.07, 6.45) is 0.409. The second-order valence-corrected chi connectivity index (χ2v) is 4.14. The van der Waals surface area contributed by atoms with Gasteiger partial charge in [-0.1, -0.05) is 18.2 Å². The van der Waals surface area contributed by atoms with Crippen LogP contribution in [0.1, 0.15) is 23.1 Å². The number of ether oxygens (including phenoxy) is 1. The number of hydrogen-bond donors (Lipinski definition) is 1. The standard InChI is InChI=1S/C14H16FNO2/c1-17-9-11-6-7-14(18-11)13(16)8-10-4-2-3-5-12(10)15/h2-7,13H,8-9,16H2,1H3. The summed E-state index contributed by atoms with van der Waals surface area (Å²) in [4.78, 5) is 0. The first-order valence-corrected chi connectivity index (χ1v) is 5.77. The molecule has 0 aliphatic carbocycles. The summed E-state index contributed by atoms with van der Waals surface area (Å²) in [5.41, 5.74) is 6.60. The lowest BCUT2D eigenvalue weighted by Crippen LogP contribution is -2.13. The Bertz CT molecular complexity index is 510. The van der Waals surface area contributed by atoms with Crippen molar-refractivity contribution in [3.63, 3.8) is 0 Å². The van der Waals surface area contributed by atoms with E-state index in [-0.39, 0.29) is 11.9 Å². The Balaban J connectivity index is 2.07. The number of hydrogen-bond acceptors (Lipinski definition) is 3. The summed E-state index contributed by atoms with van der Waals surface area (Å²) in [7, 11) is 1.60. The molecule has 1 aromatic heterocycles. The van der Waals surface area contributed by atoms with E-state index in [9.17, 15) is 4.39 Å². The third-order valence-electron chi connectivity index (χ3n) is 2.73. The minimum Gasteiger partial charge on any atom is -0.462 e. The molecule has 1 unspecified atom stereocenters. The normalized spacial score (nSPS) is 12.6. The van der Waals surface area contributed by atoms with Crippen LogP contribution < -0.4 is 5.73 Å². The largest absolute Gasteiger partial charge is 0.462 e. The molecule has 4 heteroatoms. The van der Waals surface area contributed by atoms with Crippen molar-refractivity contribution in [3.8, 4) is 0 Å². The van der Waals surface area contributed by atoms with Gasteiger partial charge in [0.2, 0.25) is 0 Å². The highest BCUT2D eigenvalue weighted by molar-refractivity contribution is 5.20. The molecule has 0 aliphatic rings. The average molecular weight is 249 g/mol. The van der Waals surface area contributed by atoms with Gasteiger partial charge in [-0.05, 0) is 30.2 Å². The van der Waals surface area contributed by atoms with Gasteiger partial charge in [0.1, 0.15) is 23.9 Å². The van der Waals surface area contributed by atoms with E-state index >= 15 is 0 Å². The zero-order chi connectivity index (χ0) is 13.0. The second-order valence-electron chi connectivity index (χ2n) is 4.14. The predicted octanol–water partition coefficient (Wildman–Crippen LogP) is 2.81. The van der Waals surface area contributed by atoms with Crippen molar-refractivity contribution < 1.29 is 13.5 Å². The maximum atomic E-state index is 13.5.